The van der Waals surface area contributed by atoms with Crippen LogP contribution in [0, 0.1) is 0 Å². The molecule has 6 aromatic rings. The van der Waals surface area contributed by atoms with Crippen LogP contribution in [0.2, 0.25) is 0 Å². The van der Waals surface area contributed by atoms with Crippen LogP contribution in [0.3, 0.4) is 0 Å². The number of unbranched alkanes of at least 4 members (excludes halogenated alkanes) is 1. The van der Waals surface area contributed by atoms with E-state index in [0.29, 0.717) is 25.1 Å². The van der Waals surface area contributed by atoms with Crippen molar-refractivity contribution in [1.82, 2.24) is 41.2 Å². The molecule has 0 radical (unpaired) electrons. The van der Waals surface area contributed by atoms with Crippen LogP contribution in [-0.4, -0.2) is 86.2 Å². The molecular weight excluding hydrogens is 751 g/mol. The zero-order valence-electron chi connectivity index (χ0n) is 32.6. The number of nitrogens with zero attached hydrogens (tertiary/aromatic N) is 1. The Labute approximate surface area is 340 Å². The van der Waals surface area contributed by atoms with Crippen molar-refractivity contribution in [3.8, 4) is 0 Å². The van der Waals surface area contributed by atoms with Crippen molar-refractivity contribution in [3.05, 3.63) is 126 Å². The number of amides is 5. The molecule has 0 spiro atoms. The number of hydrogen-bond donors (Lipinski definition) is 10. The number of nitrogens with one attached hydrogen (secondary N) is 7. The minimum atomic E-state index is -1.16. The first kappa shape index (κ1) is 41.8. The average Bonchev–Trinajstić information content (AvgIpc) is 4.01. The monoisotopic (exact) mass is 801 g/mol. The van der Waals surface area contributed by atoms with Gasteiger partial charge in [-0.05, 0) is 54.6 Å². The van der Waals surface area contributed by atoms with Crippen LogP contribution < -0.4 is 38.5 Å². The summed E-state index contributed by atoms with van der Waals surface area (Å²) in [6.07, 6.45) is 8.26. The lowest BCUT2D eigenvalue weighted by Crippen LogP contribution is -2.59. The topological polar surface area (TPSA) is 272 Å². The molecule has 6 rings (SSSR count). The van der Waals surface area contributed by atoms with E-state index in [1.54, 1.807) is 18.6 Å². The van der Waals surface area contributed by atoms with E-state index in [0.717, 1.165) is 38.5 Å². The number of primary amides is 1. The van der Waals surface area contributed by atoms with Gasteiger partial charge in [0.15, 0.2) is 0 Å². The highest BCUT2D eigenvalue weighted by Gasteiger charge is 2.32. The molecule has 16 heteroatoms. The van der Waals surface area contributed by atoms with E-state index in [1.165, 1.54) is 6.33 Å². The summed E-state index contributed by atoms with van der Waals surface area (Å²) < 4.78 is 0. The molecule has 0 aliphatic rings. The summed E-state index contributed by atoms with van der Waals surface area (Å²) in [7, 11) is 0. The van der Waals surface area contributed by atoms with Crippen molar-refractivity contribution in [2.24, 2.45) is 17.2 Å². The second-order valence-corrected chi connectivity index (χ2v) is 14.6. The normalized spacial score (nSPS) is 13.9. The van der Waals surface area contributed by atoms with E-state index < -0.39 is 59.7 Å². The molecule has 0 saturated heterocycles. The van der Waals surface area contributed by atoms with Crippen molar-refractivity contribution in [1.29, 1.82) is 0 Å². The van der Waals surface area contributed by atoms with E-state index in [9.17, 15) is 24.0 Å². The lowest BCUT2D eigenvalue weighted by Gasteiger charge is -2.27. The summed E-state index contributed by atoms with van der Waals surface area (Å²) in [5.74, 6) is -3.20. The van der Waals surface area contributed by atoms with Crippen LogP contribution in [0.4, 0.5) is 0 Å². The van der Waals surface area contributed by atoms with Crippen LogP contribution >= 0.6 is 0 Å². The number of benzene rings is 3. The van der Waals surface area contributed by atoms with Gasteiger partial charge in [0.05, 0.1) is 12.4 Å². The summed E-state index contributed by atoms with van der Waals surface area (Å²) in [4.78, 5) is 82.1. The maximum Gasteiger partial charge on any atom is 0.243 e. The Morgan fingerprint density at radius 1 is 0.593 bits per heavy atom. The maximum atomic E-state index is 14.3. The number of carbonyl (C=O) groups is 5. The molecule has 0 bridgehead atoms. The number of rotatable bonds is 21. The number of nitrogens with two attached hydrogens (primary N) is 3. The fraction of sp³-hybridized carbons (Fsp3) is 0.302. The number of hydrogen-bond acceptors (Lipinski definition) is 8. The van der Waals surface area contributed by atoms with E-state index >= 15 is 0 Å². The van der Waals surface area contributed by atoms with E-state index in [2.05, 4.69) is 41.2 Å². The third kappa shape index (κ3) is 11.2. The van der Waals surface area contributed by atoms with E-state index in [1.807, 2.05) is 78.9 Å². The molecule has 3 aromatic heterocycles. The van der Waals surface area contributed by atoms with E-state index in [4.69, 9.17) is 17.2 Å². The second kappa shape index (κ2) is 20.1. The second-order valence-electron chi connectivity index (χ2n) is 14.6. The fourth-order valence-electron chi connectivity index (χ4n) is 7.12. The Bertz CT molecular complexity index is 2340. The Hall–Kier alpha value is -6.78. The van der Waals surface area contributed by atoms with Gasteiger partial charge in [-0.15, -0.1) is 0 Å². The zero-order chi connectivity index (χ0) is 41.7. The zero-order valence-corrected chi connectivity index (χ0v) is 32.6. The predicted molar refractivity (Wildman–Crippen MR) is 224 cm³/mol. The largest absolute Gasteiger partial charge is 0.368 e. The number of aromatic amines is 3. The molecule has 0 aliphatic carbocycles. The van der Waals surface area contributed by atoms with Gasteiger partial charge in [-0.1, -0.05) is 66.7 Å². The van der Waals surface area contributed by atoms with Gasteiger partial charge in [0.1, 0.15) is 24.2 Å². The Morgan fingerprint density at radius 2 is 1.12 bits per heavy atom. The van der Waals surface area contributed by atoms with E-state index in [-0.39, 0.29) is 32.1 Å². The van der Waals surface area contributed by atoms with Crippen molar-refractivity contribution in [3.63, 3.8) is 0 Å². The summed E-state index contributed by atoms with van der Waals surface area (Å²) in [5.41, 5.74) is 22.6. The van der Waals surface area contributed by atoms with Crippen LogP contribution in [0.15, 0.2) is 104 Å². The van der Waals surface area contributed by atoms with Gasteiger partial charge in [-0.3, -0.25) is 24.0 Å². The molecule has 16 nitrogen and oxygen atoms in total. The molecule has 59 heavy (non-hydrogen) atoms. The summed E-state index contributed by atoms with van der Waals surface area (Å²) in [6, 6.07) is 18.7. The van der Waals surface area contributed by atoms with Crippen LogP contribution in [0.25, 0.3) is 21.8 Å². The Morgan fingerprint density at radius 3 is 1.71 bits per heavy atom. The van der Waals surface area contributed by atoms with Crippen LogP contribution in [0.1, 0.15) is 41.6 Å². The van der Waals surface area contributed by atoms with Crippen LogP contribution in [-0.2, 0) is 49.7 Å². The number of aromatic nitrogens is 4. The third-order valence-corrected chi connectivity index (χ3v) is 10.3. The van der Waals surface area contributed by atoms with Crippen molar-refractivity contribution >= 4 is 51.3 Å². The highest BCUT2D eigenvalue weighted by molar-refractivity contribution is 5.96. The molecule has 5 atom stereocenters. The molecule has 3 heterocycles. The smallest absolute Gasteiger partial charge is 0.243 e. The number of carbonyl (C=O) groups excluding carboxylic acids is 5. The quantitative estimate of drug-likeness (QED) is 0.0476. The molecular formula is C43H51N11O5. The van der Waals surface area contributed by atoms with Crippen LogP contribution in [0.5, 0.6) is 0 Å². The average molecular weight is 802 g/mol. The highest BCUT2D eigenvalue weighted by atomic mass is 16.2. The Kier molecular flexibility index (Phi) is 14.2. The molecule has 0 unspecified atom stereocenters. The summed E-state index contributed by atoms with van der Waals surface area (Å²) in [6.45, 7) is 0.361. The first-order chi connectivity index (χ1) is 28.6. The van der Waals surface area contributed by atoms with Crippen molar-refractivity contribution in [2.75, 3.05) is 6.54 Å². The summed E-state index contributed by atoms with van der Waals surface area (Å²) in [5, 5.41) is 13.0. The van der Waals surface area contributed by atoms with Gasteiger partial charge in [0, 0.05) is 71.8 Å². The number of imidazole rings is 1. The SMILES string of the molecule is NCCCC[C@@H](NC(=O)[C@@H](Cc1c[nH]c2ccccc12)NC(=O)[C@@H](N)Cc1cnc[nH]1)C(=O)N[C@@H](Cc1ccccc1)C(=O)N[C@H](Cc1c[nH]c2ccccc12)C(N)=O. The molecule has 0 fully saturated rings. The van der Waals surface area contributed by atoms with Gasteiger partial charge >= 0.3 is 0 Å². The van der Waals surface area contributed by atoms with Gasteiger partial charge in [0.2, 0.25) is 29.5 Å². The lowest BCUT2D eigenvalue weighted by molar-refractivity contribution is -0.134. The number of H-pyrrole nitrogens is 3. The van der Waals surface area contributed by atoms with Gasteiger partial charge in [-0.2, -0.15) is 0 Å². The van der Waals surface area contributed by atoms with Crippen molar-refractivity contribution in [2.45, 2.75) is 75.2 Å². The van der Waals surface area contributed by atoms with Crippen molar-refractivity contribution < 1.29 is 24.0 Å². The van der Waals surface area contributed by atoms with Gasteiger partial charge in [-0.25, -0.2) is 4.98 Å². The molecule has 308 valence electrons. The highest BCUT2D eigenvalue weighted by Crippen LogP contribution is 2.21. The number of fused-ring (bicyclic) bond motifs is 2. The standard InChI is InChI=1S/C43H51N11O5/c44-17-9-8-16-35(51-43(59)38(20-28-23-49-34-15-7-5-13-31(28)34)53-40(56)32(45)21-29-24-47-25-50-29)41(57)54-37(18-26-10-2-1-3-11-26)42(58)52-36(39(46)55)19-27-22-48-33-14-6-4-12-30(27)33/h1-7,10-15,22-25,32,35-38,48-49H,8-9,16-21,44-45H2,(H2,46,55)(H,47,50)(H,51,59)(H,52,58)(H,53,56)(H,54,57)/t32-,35+,36+,37-,38+/m0/s1. The molecule has 13 N–H and O–H groups in total. The molecule has 5 amide bonds. The first-order valence-corrected chi connectivity index (χ1v) is 19.7. The lowest BCUT2D eigenvalue weighted by atomic mass is 10.0. The molecule has 0 saturated carbocycles. The Balaban J connectivity index is 1.22. The predicted octanol–water partition coefficient (Wildman–Crippen LogP) is 1.52. The van der Waals surface area contributed by atoms with Gasteiger partial charge < -0.3 is 53.4 Å². The molecule has 3 aromatic carbocycles. The summed E-state index contributed by atoms with van der Waals surface area (Å²) >= 11 is 0. The maximum absolute atomic E-state index is 14.3. The van der Waals surface area contributed by atoms with Gasteiger partial charge in [0.25, 0.3) is 0 Å². The fourth-order valence-corrected chi connectivity index (χ4v) is 7.12. The third-order valence-electron chi connectivity index (χ3n) is 10.3. The first-order valence-electron chi connectivity index (χ1n) is 19.7. The number of para-hydroxylation sites is 2. The molecule has 0 aliphatic heterocycles. The minimum absolute atomic E-state index is 0.0773. The minimum Gasteiger partial charge on any atom is -0.368 e.